The molecular weight excluding hydrogens is 546 g/mol. The van der Waals surface area contributed by atoms with Crippen molar-refractivity contribution in [3.8, 4) is 16.9 Å². The maximum atomic E-state index is 13.2. The van der Waals surface area contributed by atoms with Crippen LogP contribution in [-0.2, 0) is 20.7 Å². The van der Waals surface area contributed by atoms with Gasteiger partial charge in [0.15, 0.2) is 6.29 Å². The van der Waals surface area contributed by atoms with E-state index in [0.29, 0.717) is 47.8 Å². The molecule has 0 aromatic heterocycles. The molecule has 6 rings (SSSR count). The molecule has 3 aromatic rings. The number of epoxide rings is 1. The summed E-state index contributed by atoms with van der Waals surface area (Å²) < 4.78 is 18.3. The number of ether oxygens (including phenoxy) is 3. The van der Waals surface area contributed by atoms with Gasteiger partial charge in [0.05, 0.1) is 32.0 Å². The number of nitrogens with zero attached hydrogens (tertiary/aromatic N) is 1. The van der Waals surface area contributed by atoms with Crippen LogP contribution in [0.15, 0.2) is 66.7 Å². The smallest absolute Gasteiger partial charge is 0.411 e. The van der Waals surface area contributed by atoms with Crippen molar-refractivity contribution >= 4 is 29.7 Å². The number of likely N-dealkylation sites (N-methyl/N-ethyl adjacent to an activating group) is 1. The van der Waals surface area contributed by atoms with E-state index >= 15 is 0 Å². The Balaban J connectivity index is 1.12. The fourth-order valence-electron chi connectivity index (χ4n) is 6.78. The first-order chi connectivity index (χ1) is 20.8. The average molecular weight is 585 g/mol. The zero-order chi connectivity index (χ0) is 30.1. The fraction of sp³-hybridized carbons (Fsp3) is 0.382. The number of morpholine rings is 1. The summed E-state index contributed by atoms with van der Waals surface area (Å²) in [6, 6.07) is 21.4. The quantitative estimate of drug-likeness (QED) is 0.187. The van der Waals surface area contributed by atoms with Crippen LogP contribution in [0.25, 0.3) is 11.1 Å². The molecule has 0 radical (unpaired) electrons. The molecule has 5 atom stereocenters. The van der Waals surface area contributed by atoms with Crippen molar-refractivity contribution in [1.82, 2.24) is 0 Å². The van der Waals surface area contributed by atoms with Crippen molar-refractivity contribution in [3.63, 3.8) is 0 Å². The van der Waals surface area contributed by atoms with Crippen molar-refractivity contribution in [1.29, 1.82) is 0 Å². The van der Waals surface area contributed by atoms with E-state index in [9.17, 15) is 14.4 Å². The predicted octanol–water partition coefficient (Wildman–Crippen LogP) is 5.44. The molecule has 9 heteroatoms. The van der Waals surface area contributed by atoms with Crippen LogP contribution in [0.2, 0.25) is 0 Å². The minimum atomic E-state index is -0.470. The van der Waals surface area contributed by atoms with Crippen molar-refractivity contribution in [2.75, 3.05) is 31.3 Å². The molecule has 3 aromatic carbocycles. The van der Waals surface area contributed by atoms with E-state index in [1.807, 2.05) is 55.5 Å². The number of carbonyl (C=O) groups is 3. The summed E-state index contributed by atoms with van der Waals surface area (Å²) in [6.45, 7) is 2.25. The van der Waals surface area contributed by atoms with Gasteiger partial charge in [0.1, 0.15) is 36.1 Å². The van der Waals surface area contributed by atoms with Crippen molar-refractivity contribution < 1.29 is 33.1 Å². The number of nitrogens with one attached hydrogen (secondary N) is 2. The van der Waals surface area contributed by atoms with Crippen molar-refractivity contribution in [3.05, 3.63) is 77.9 Å². The van der Waals surface area contributed by atoms with Gasteiger partial charge in [-0.2, -0.15) is 0 Å². The monoisotopic (exact) mass is 584 g/mol. The Morgan fingerprint density at radius 2 is 1.72 bits per heavy atom. The summed E-state index contributed by atoms with van der Waals surface area (Å²) in [5, 5.41) is 5.89. The molecule has 3 heterocycles. The molecule has 2 N–H and O–H groups in total. The summed E-state index contributed by atoms with van der Waals surface area (Å²) in [4.78, 5) is 37.2. The van der Waals surface area contributed by atoms with E-state index in [2.05, 4.69) is 24.7 Å². The number of aldehydes is 1. The summed E-state index contributed by atoms with van der Waals surface area (Å²) in [5.74, 6) is 0.265. The van der Waals surface area contributed by atoms with Gasteiger partial charge in [-0.05, 0) is 42.7 Å². The first-order valence-electron chi connectivity index (χ1n) is 14.9. The van der Waals surface area contributed by atoms with Crippen LogP contribution in [0, 0.1) is 0 Å². The van der Waals surface area contributed by atoms with E-state index in [1.165, 1.54) is 0 Å². The molecule has 3 fully saturated rings. The predicted molar refractivity (Wildman–Crippen MR) is 163 cm³/mol. The van der Waals surface area contributed by atoms with Gasteiger partial charge in [0.25, 0.3) is 0 Å². The molecule has 3 saturated heterocycles. The number of fused-ring (bicyclic) bond motifs is 5. The Labute approximate surface area is 251 Å². The van der Waals surface area contributed by atoms with Crippen LogP contribution in [0.3, 0.4) is 0 Å². The number of hydrogen-bond acceptors (Lipinski definition) is 6. The minimum Gasteiger partial charge on any atom is -0.493 e. The van der Waals surface area contributed by atoms with E-state index in [0.717, 1.165) is 40.3 Å². The summed E-state index contributed by atoms with van der Waals surface area (Å²) in [5.41, 5.74) is 4.38. The first kappa shape index (κ1) is 28.9. The molecule has 0 spiro atoms. The van der Waals surface area contributed by atoms with E-state index < -0.39 is 6.09 Å². The van der Waals surface area contributed by atoms with Gasteiger partial charge in [-0.1, -0.05) is 42.5 Å². The third kappa shape index (κ3) is 6.00. The highest BCUT2D eigenvalue weighted by Gasteiger charge is 2.70. The number of quaternary nitrogens is 1. The molecule has 0 unspecified atom stereocenters. The number of rotatable bonds is 10. The number of anilines is 2. The molecule has 224 valence electrons. The maximum Gasteiger partial charge on any atom is 0.411 e. The second kappa shape index (κ2) is 11.8. The highest BCUT2D eigenvalue weighted by molar-refractivity contribution is 5.93. The Hall–Kier alpha value is -4.21. The lowest BCUT2D eigenvalue weighted by atomic mass is 9.96. The van der Waals surface area contributed by atoms with Crippen LogP contribution in [0.1, 0.15) is 42.1 Å². The number of aryl methyl sites for hydroxylation is 1. The zero-order valence-electron chi connectivity index (χ0n) is 24.7. The van der Waals surface area contributed by atoms with Gasteiger partial charge in [-0.15, -0.1) is 0 Å². The minimum absolute atomic E-state index is 0.145. The lowest BCUT2D eigenvalue weighted by molar-refractivity contribution is -0.938. The number of piperidine rings is 1. The molecule has 0 aliphatic carbocycles. The Bertz CT molecular complexity index is 1500. The second-order valence-electron chi connectivity index (χ2n) is 12.1. The van der Waals surface area contributed by atoms with Gasteiger partial charge in [-0.3, -0.25) is 14.9 Å². The zero-order valence-corrected chi connectivity index (χ0v) is 24.7. The summed E-state index contributed by atoms with van der Waals surface area (Å²) in [7, 11) is 4.50. The second-order valence-corrected chi connectivity index (χ2v) is 12.1. The molecule has 2 bridgehead atoms. The molecule has 9 nitrogen and oxygen atoms in total. The van der Waals surface area contributed by atoms with Crippen LogP contribution >= 0.6 is 0 Å². The Morgan fingerprint density at radius 3 is 2.42 bits per heavy atom. The van der Waals surface area contributed by atoms with E-state index in [-0.39, 0.29) is 30.6 Å². The van der Waals surface area contributed by atoms with Gasteiger partial charge < -0.3 is 24.0 Å². The maximum absolute atomic E-state index is 13.2. The molecule has 43 heavy (non-hydrogen) atoms. The van der Waals surface area contributed by atoms with Crippen molar-refractivity contribution in [2.45, 2.75) is 63.0 Å². The standard InChI is InChI=1S/C34H37N3O6/c1-4-41-30-17-24(13-12-23(30)20-38)35-31(39)15-11-21-10-14-26(22-8-6-5-7-9-22)27(16-21)36-34(40)42-25-18-28-32-33(43-32)29(19-25)37(28,2)3/h5-10,12-14,16-17,20,25,28-29,32-33H,4,11,15,18-19H2,1-3H3,(H-,35,36,38,39,40)/p+1/t25-,28-,29+,32-,33+. The highest BCUT2D eigenvalue weighted by atomic mass is 16.6. The lowest BCUT2D eigenvalue weighted by Crippen LogP contribution is -2.60. The average Bonchev–Trinajstić information content (AvgIpc) is 3.76. The number of amides is 2. The largest absolute Gasteiger partial charge is 0.493 e. The number of hydrogen-bond donors (Lipinski definition) is 2. The van der Waals surface area contributed by atoms with Crippen LogP contribution in [0.5, 0.6) is 5.75 Å². The van der Waals surface area contributed by atoms with Gasteiger partial charge in [0.2, 0.25) is 5.91 Å². The molecule has 3 aliphatic heterocycles. The van der Waals surface area contributed by atoms with Crippen molar-refractivity contribution in [2.24, 2.45) is 0 Å². The third-order valence-electron chi connectivity index (χ3n) is 9.08. The van der Waals surface area contributed by atoms with E-state index in [1.54, 1.807) is 18.2 Å². The van der Waals surface area contributed by atoms with Crippen LogP contribution in [-0.4, -0.2) is 73.9 Å². The molecule has 0 saturated carbocycles. The summed E-state index contributed by atoms with van der Waals surface area (Å²) in [6.07, 6.45) is 2.98. The molecule has 2 amide bonds. The summed E-state index contributed by atoms with van der Waals surface area (Å²) >= 11 is 0. The van der Waals surface area contributed by atoms with Crippen LogP contribution in [0.4, 0.5) is 16.2 Å². The van der Waals surface area contributed by atoms with E-state index in [4.69, 9.17) is 14.2 Å². The SMILES string of the molecule is CCOc1cc(NC(=O)CCc2ccc(-c3ccccc3)c(NC(=O)O[C@@H]3C[C@@H]4[C@H]5O[C@H]5[C@H](C3)[N+]4(C)C)c2)ccc1C=O. The Morgan fingerprint density at radius 1 is 0.977 bits per heavy atom. The van der Waals surface area contributed by atoms with Crippen LogP contribution < -0.4 is 15.4 Å². The third-order valence-corrected chi connectivity index (χ3v) is 9.08. The van der Waals surface area contributed by atoms with Gasteiger partial charge >= 0.3 is 6.09 Å². The number of carbonyl (C=O) groups excluding carboxylic acids is 3. The normalized spacial score (nSPS) is 24.4. The first-order valence-corrected chi connectivity index (χ1v) is 14.9. The Kier molecular flexibility index (Phi) is 7.94. The van der Waals surface area contributed by atoms with Gasteiger partial charge in [-0.25, -0.2) is 4.79 Å². The fourth-order valence-corrected chi connectivity index (χ4v) is 6.78. The molecule has 3 aliphatic rings. The van der Waals surface area contributed by atoms with Gasteiger partial charge in [0, 0.05) is 36.6 Å². The lowest BCUT2D eigenvalue weighted by Gasteiger charge is -2.45. The molecular formula is C34H38N3O6+. The highest BCUT2D eigenvalue weighted by Crippen LogP contribution is 2.51. The number of benzene rings is 3. The topological polar surface area (TPSA) is 106 Å².